The number of rotatable bonds is 5. The molecule has 1 aliphatic heterocycles. The van der Waals surface area contributed by atoms with Gasteiger partial charge in [-0.3, -0.25) is 9.59 Å². The van der Waals surface area contributed by atoms with Crippen LogP contribution in [0, 0.1) is 11.8 Å². The van der Waals surface area contributed by atoms with E-state index in [-0.39, 0.29) is 29.6 Å². The van der Waals surface area contributed by atoms with Gasteiger partial charge in [0.15, 0.2) is 17.3 Å². The lowest BCUT2D eigenvalue weighted by molar-refractivity contribution is -0.151. The van der Waals surface area contributed by atoms with Gasteiger partial charge in [0.1, 0.15) is 5.92 Å². The van der Waals surface area contributed by atoms with Crippen molar-refractivity contribution in [2.75, 3.05) is 20.8 Å². The van der Waals surface area contributed by atoms with Gasteiger partial charge >= 0.3 is 11.9 Å². The summed E-state index contributed by atoms with van der Waals surface area (Å²) in [4.78, 5) is 39.0. The maximum absolute atomic E-state index is 13.6. The second kappa shape index (κ2) is 9.36. The van der Waals surface area contributed by atoms with Crippen molar-refractivity contribution in [2.24, 2.45) is 11.8 Å². The number of dihydropyridines is 1. The van der Waals surface area contributed by atoms with Gasteiger partial charge in [0.25, 0.3) is 0 Å². The summed E-state index contributed by atoms with van der Waals surface area (Å²) in [6, 6.07) is 3.20. The number of benzene rings is 1. The van der Waals surface area contributed by atoms with Crippen molar-refractivity contribution in [1.82, 2.24) is 5.32 Å². The number of nitrogens with one attached hydrogen (secondary N) is 1. The van der Waals surface area contributed by atoms with Crippen molar-refractivity contribution in [3.05, 3.63) is 44.7 Å². The second-order valence-electron chi connectivity index (χ2n) is 7.81. The molecule has 2 N–H and O–H groups in total. The molecule has 9 heteroatoms. The first kappa shape index (κ1) is 23.8. The largest absolute Gasteiger partial charge is 0.503 e. The van der Waals surface area contributed by atoms with Crippen LogP contribution in [-0.2, 0) is 23.9 Å². The average Bonchev–Trinajstić information content (AvgIpc) is 2.74. The van der Waals surface area contributed by atoms with Gasteiger partial charge in [0.05, 0.1) is 30.9 Å². The monoisotopic (exact) mass is 507 g/mol. The molecule has 3 atom stereocenters. The van der Waals surface area contributed by atoms with Crippen LogP contribution in [0.1, 0.15) is 38.7 Å². The third kappa shape index (κ3) is 4.01. The van der Waals surface area contributed by atoms with Gasteiger partial charge in [-0.15, -0.1) is 0 Å². The van der Waals surface area contributed by atoms with Crippen LogP contribution < -0.4 is 10.1 Å². The lowest BCUT2D eigenvalue weighted by Gasteiger charge is -2.38. The predicted molar refractivity (Wildman–Crippen MR) is 119 cm³/mol. The Morgan fingerprint density at radius 2 is 1.97 bits per heavy atom. The number of ketones is 1. The number of hydrogen-bond donors (Lipinski definition) is 2. The molecular formula is C23H26BrNO7. The highest BCUT2D eigenvalue weighted by atomic mass is 79.9. The van der Waals surface area contributed by atoms with Crippen LogP contribution in [0.3, 0.4) is 0 Å². The summed E-state index contributed by atoms with van der Waals surface area (Å²) < 4.78 is 15.8. The summed E-state index contributed by atoms with van der Waals surface area (Å²) in [5.41, 5.74) is 2.33. The van der Waals surface area contributed by atoms with E-state index in [1.165, 1.54) is 14.2 Å². The fourth-order valence-electron chi connectivity index (χ4n) is 4.41. The van der Waals surface area contributed by atoms with Crippen molar-refractivity contribution in [2.45, 2.75) is 33.1 Å². The van der Waals surface area contributed by atoms with Gasteiger partial charge in [0.2, 0.25) is 0 Å². The Morgan fingerprint density at radius 3 is 2.56 bits per heavy atom. The van der Waals surface area contributed by atoms with Crippen LogP contribution in [0.4, 0.5) is 0 Å². The number of phenols is 1. The average molecular weight is 508 g/mol. The van der Waals surface area contributed by atoms with Gasteiger partial charge in [-0.1, -0.05) is 6.92 Å². The molecule has 1 heterocycles. The SMILES string of the molecule is CCOC(=O)C1=C(C)NC2=C(C(=O)[C@H](C(=O)OC)[C@H](C)C2)[C@H]1c1cc(Br)c(O)c(OC)c1. The summed E-state index contributed by atoms with van der Waals surface area (Å²) in [5, 5.41) is 13.5. The molecule has 0 saturated heterocycles. The first-order chi connectivity index (χ1) is 15.2. The normalized spacial score (nSPS) is 22.8. The maximum Gasteiger partial charge on any atom is 0.336 e. The van der Waals surface area contributed by atoms with E-state index in [1.807, 2.05) is 6.92 Å². The lowest BCUT2D eigenvalue weighted by Crippen LogP contribution is -2.43. The van der Waals surface area contributed by atoms with Gasteiger partial charge in [-0.25, -0.2) is 4.79 Å². The minimum absolute atomic E-state index is 0.103. The molecule has 0 radical (unpaired) electrons. The Balaban J connectivity index is 2.26. The summed E-state index contributed by atoms with van der Waals surface area (Å²) in [5.74, 6) is -3.58. The van der Waals surface area contributed by atoms with Crippen molar-refractivity contribution >= 4 is 33.7 Å². The first-order valence-corrected chi connectivity index (χ1v) is 11.0. The van der Waals surface area contributed by atoms with E-state index in [2.05, 4.69) is 21.2 Å². The van der Waals surface area contributed by atoms with E-state index in [1.54, 1.807) is 26.0 Å². The predicted octanol–water partition coefficient (Wildman–Crippen LogP) is 3.34. The molecule has 8 nitrogen and oxygen atoms in total. The second-order valence-corrected chi connectivity index (χ2v) is 8.66. The number of carbonyl (C=O) groups is 3. The van der Waals surface area contributed by atoms with Crippen LogP contribution in [0.25, 0.3) is 0 Å². The highest BCUT2D eigenvalue weighted by molar-refractivity contribution is 9.10. The highest BCUT2D eigenvalue weighted by Gasteiger charge is 2.47. The number of methoxy groups -OCH3 is 2. The molecule has 32 heavy (non-hydrogen) atoms. The summed E-state index contributed by atoms with van der Waals surface area (Å²) >= 11 is 3.31. The summed E-state index contributed by atoms with van der Waals surface area (Å²) in [6.45, 7) is 5.43. The number of halogens is 1. The van der Waals surface area contributed by atoms with E-state index in [9.17, 15) is 19.5 Å². The third-order valence-electron chi connectivity index (χ3n) is 5.84. The minimum Gasteiger partial charge on any atom is -0.503 e. The first-order valence-electron chi connectivity index (χ1n) is 10.2. The molecule has 1 aromatic carbocycles. The number of hydrogen-bond acceptors (Lipinski definition) is 8. The van der Waals surface area contributed by atoms with Gasteiger partial charge < -0.3 is 24.6 Å². The van der Waals surface area contributed by atoms with Crippen LogP contribution >= 0.6 is 15.9 Å². The molecule has 0 saturated carbocycles. The Morgan fingerprint density at radius 1 is 1.28 bits per heavy atom. The lowest BCUT2D eigenvalue weighted by atomic mass is 9.69. The van der Waals surface area contributed by atoms with Gasteiger partial charge in [-0.05, 0) is 59.8 Å². The molecule has 3 rings (SSSR count). The molecule has 0 unspecified atom stereocenters. The van der Waals surface area contributed by atoms with E-state index in [0.717, 1.165) is 0 Å². The summed E-state index contributed by atoms with van der Waals surface area (Å²) in [6.07, 6.45) is 0.432. The topological polar surface area (TPSA) is 111 Å². The number of carbonyl (C=O) groups excluding carboxylic acids is 3. The molecule has 0 bridgehead atoms. The zero-order valence-corrected chi connectivity index (χ0v) is 20.2. The third-order valence-corrected chi connectivity index (χ3v) is 6.45. The molecule has 172 valence electrons. The van der Waals surface area contributed by atoms with Crippen molar-refractivity contribution in [3.63, 3.8) is 0 Å². The fourth-order valence-corrected chi connectivity index (χ4v) is 4.87. The quantitative estimate of drug-likeness (QED) is 0.461. The van der Waals surface area contributed by atoms with Crippen LogP contribution in [0.15, 0.2) is 39.1 Å². The van der Waals surface area contributed by atoms with Gasteiger partial charge in [-0.2, -0.15) is 0 Å². The number of esters is 2. The van der Waals surface area contributed by atoms with Crippen molar-refractivity contribution < 1.29 is 33.7 Å². The van der Waals surface area contributed by atoms with Crippen molar-refractivity contribution in [3.8, 4) is 11.5 Å². The standard InChI is InChI=1S/C23H26BrNO7/c1-6-32-23(29)17-11(3)25-14-7-10(2)16(22(28)31-5)21(27)19(14)18(17)12-8-13(24)20(26)15(9-12)30-4/h8-10,16,18,25-26H,6-7H2,1-5H3/t10-,16-,18+/m1/s1. The molecule has 0 spiro atoms. The molecule has 0 aromatic heterocycles. The Bertz CT molecular complexity index is 1040. The highest BCUT2D eigenvalue weighted by Crippen LogP contribution is 2.48. The van der Waals surface area contributed by atoms with E-state index >= 15 is 0 Å². The van der Waals surface area contributed by atoms with E-state index < -0.39 is 29.6 Å². The number of aromatic hydroxyl groups is 1. The number of allylic oxidation sites excluding steroid dienone is 3. The maximum atomic E-state index is 13.6. The number of Topliss-reactive ketones (excluding diaryl/α,β-unsaturated/α-hetero) is 1. The molecule has 0 fully saturated rings. The van der Waals surface area contributed by atoms with E-state index in [0.29, 0.717) is 33.4 Å². The van der Waals surface area contributed by atoms with Crippen LogP contribution in [0.5, 0.6) is 11.5 Å². The molecule has 1 aliphatic carbocycles. The molecular weight excluding hydrogens is 482 g/mol. The molecule has 0 amide bonds. The van der Waals surface area contributed by atoms with E-state index in [4.69, 9.17) is 14.2 Å². The fraction of sp³-hybridized carbons (Fsp3) is 0.435. The minimum atomic E-state index is -0.979. The Hall–Kier alpha value is -2.81. The zero-order valence-electron chi connectivity index (χ0n) is 18.6. The Kier molecular flexibility index (Phi) is 6.97. The van der Waals surface area contributed by atoms with Crippen LogP contribution in [-0.4, -0.2) is 43.7 Å². The number of ether oxygens (including phenoxy) is 3. The van der Waals surface area contributed by atoms with Crippen molar-refractivity contribution in [1.29, 1.82) is 0 Å². The Labute approximate surface area is 194 Å². The smallest absolute Gasteiger partial charge is 0.336 e. The molecule has 1 aromatic rings. The number of phenolic OH excluding ortho intramolecular Hbond substituents is 1. The van der Waals surface area contributed by atoms with Gasteiger partial charge in [0, 0.05) is 22.9 Å². The van der Waals surface area contributed by atoms with Crippen LogP contribution in [0.2, 0.25) is 0 Å². The summed E-state index contributed by atoms with van der Waals surface area (Å²) in [7, 11) is 2.66. The molecule has 2 aliphatic rings. The zero-order chi connectivity index (χ0) is 23.7.